The van der Waals surface area contributed by atoms with Crippen LogP contribution in [0.3, 0.4) is 0 Å². The predicted molar refractivity (Wildman–Crippen MR) is 128 cm³/mol. The first-order valence-electron chi connectivity index (χ1n) is 10.9. The molecule has 1 N–H and O–H groups in total. The molecule has 0 radical (unpaired) electrons. The number of esters is 1. The number of carbonyl (C=O) groups is 4. The molecule has 1 aliphatic heterocycles. The molecule has 0 bridgehead atoms. The van der Waals surface area contributed by atoms with Gasteiger partial charge in [0.25, 0.3) is 23.4 Å². The Bertz CT molecular complexity index is 1400. The number of nitro benzene ring substituents is 1. The number of hydrogen-bond acceptors (Lipinski definition) is 7. The molecule has 0 aliphatic carbocycles. The summed E-state index contributed by atoms with van der Waals surface area (Å²) in [5, 5.41) is 14.1. The number of aryl methyl sites for hydroxylation is 2. The molecule has 1 heterocycles. The van der Waals surface area contributed by atoms with Crippen LogP contribution in [0.25, 0.3) is 0 Å². The highest BCUT2D eigenvalue weighted by atomic mass is 16.6. The lowest BCUT2D eigenvalue weighted by molar-refractivity contribution is -0.385. The number of anilines is 1. The Morgan fingerprint density at radius 1 is 1.00 bits per heavy atom. The maximum Gasteiger partial charge on any atom is 0.327 e. The number of fused-ring (bicyclic) bond motifs is 1. The second-order valence-electron chi connectivity index (χ2n) is 8.24. The van der Waals surface area contributed by atoms with Crippen LogP contribution in [0.4, 0.5) is 11.4 Å². The van der Waals surface area contributed by atoms with Crippen molar-refractivity contribution in [2.24, 2.45) is 0 Å². The van der Waals surface area contributed by atoms with Crippen LogP contribution in [-0.2, 0) is 14.3 Å². The summed E-state index contributed by atoms with van der Waals surface area (Å²) in [6.07, 6.45) is -1.37. The van der Waals surface area contributed by atoms with Gasteiger partial charge in [0, 0.05) is 17.3 Å². The van der Waals surface area contributed by atoms with Crippen LogP contribution in [0, 0.1) is 24.0 Å². The molecule has 10 heteroatoms. The van der Waals surface area contributed by atoms with Crippen LogP contribution in [0.5, 0.6) is 0 Å². The zero-order valence-electron chi connectivity index (χ0n) is 19.4. The molecule has 4 rings (SSSR count). The molecule has 0 fully saturated rings. The lowest BCUT2D eigenvalue weighted by Crippen LogP contribution is -2.37. The normalized spacial score (nSPS) is 13.2. The fourth-order valence-electron chi connectivity index (χ4n) is 3.88. The van der Waals surface area contributed by atoms with E-state index in [9.17, 15) is 29.3 Å². The highest BCUT2D eigenvalue weighted by Crippen LogP contribution is 2.31. The maximum absolute atomic E-state index is 13.2. The molecule has 1 aliphatic rings. The van der Waals surface area contributed by atoms with Crippen molar-refractivity contribution in [3.63, 3.8) is 0 Å². The summed E-state index contributed by atoms with van der Waals surface area (Å²) in [4.78, 5) is 62.6. The van der Waals surface area contributed by atoms with Crippen LogP contribution >= 0.6 is 0 Å². The van der Waals surface area contributed by atoms with Crippen LogP contribution in [0.1, 0.15) is 43.5 Å². The van der Waals surface area contributed by atoms with Gasteiger partial charge in [-0.25, -0.2) is 0 Å². The molecule has 3 aromatic carbocycles. The van der Waals surface area contributed by atoms with Crippen molar-refractivity contribution < 1.29 is 28.8 Å². The number of benzene rings is 3. The minimum Gasteiger partial charge on any atom is -0.446 e. The van der Waals surface area contributed by atoms with Crippen LogP contribution in [0.2, 0.25) is 0 Å². The molecular formula is C26H21N3O7. The summed E-state index contributed by atoms with van der Waals surface area (Å²) in [7, 11) is 0. The summed E-state index contributed by atoms with van der Waals surface area (Å²) in [6.45, 7) is 2.87. The highest BCUT2D eigenvalue weighted by molar-refractivity contribution is 6.24. The fraction of sp³-hybridized carbons (Fsp3) is 0.154. The number of carbonyl (C=O) groups excluding carboxylic acids is 4. The van der Waals surface area contributed by atoms with Gasteiger partial charge in [-0.1, -0.05) is 48.5 Å². The standard InChI is InChI=1S/C26H21N3O7/c1-15-11-12-16(2)19(13-15)27-24(31)23(17-7-4-3-5-8-17)36-21(30)14-28-25(32)18-9-6-10-20(29(34)35)22(18)26(28)33/h3-13,23H,14H2,1-2H3,(H,27,31). The van der Waals surface area contributed by atoms with Gasteiger partial charge in [0.1, 0.15) is 12.1 Å². The van der Waals surface area contributed by atoms with E-state index in [0.717, 1.165) is 17.2 Å². The third kappa shape index (κ3) is 4.69. The molecule has 0 saturated heterocycles. The van der Waals surface area contributed by atoms with E-state index in [2.05, 4.69) is 5.32 Å². The van der Waals surface area contributed by atoms with E-state index in [4.69, 9.17) is 4.74 Å². The molecular weight excluding hydrogens is 466 g/mol. The molecule has 0 saturated carbocycles. The number of nitro groups is 1. The predicted octanol–water partition coefficient (Wildman–Crippen LogP) is 3.73. The second kappa shape index (κ2) is 9.79. The van der Waals surface area contributed by atoms with Gasteiger partial charge in [0.2, 0.25) is 6.10 Å². The van der Waals surface area contributed by atoms with Gasteiger partial charge in [0.05, 0.1) is 10.5 Å². The van der Waals surface area contributed by atoms with Gasteiger partial charge in [-0.2, -0.15) is 0 Å². The molecule has 36 heavy (non-hydrogen) atoms. The van der Waals surface area contributed by atoms with E-state index >= 15 is 0 Å². The second-order valence-corrected chi connectivity index (χ2v) is 8.24. The van der Waals surface area contributed by atoms with E-state index in [0.29, 0.717) is 16.2 Å². The summed E-state index contributed by atoms with van der Waals surface area (Å²) < 4.78 is 5.44. The first-order valence-corrected chi connectivity index (χ1v) is 10.9. The van der Waals surface area contributed by atoms with Gasteiger partial charge in [-0.3, -0.25) is 34.2 Å². The van der Waals surface area contributed by atoms with Gasteiger partial charge in [-0.05, 0) is 37.1 Å². The number of rotatable bonds is 7. The first-order chi connectivity index (χ1) is 17.2. The number of imide groups is 1. The SMILES string of the molecule is Cc1ccc(C)c(NC(=O)C(OC(=O)CN2C(=O)c3cccc([N+](=O)[O-])c3C2=O)c2ccccc2)c1. The Morgan fingerprint density at radius 3 is 2.42 bits per heavy atom. The van der Waals surface area contributed by atoms with Crippen molar-refractivity contribution in [2.75, 3.05) is 11.9 Å². The number of nitrogens with zero attached hydrogens (tertiary/aromatic N) is 2. The smallest absolute Gasteiger partial charge is 0.327 e. The maximum atomic E-state index is 13.2. The molecule has 10 nitrogen and oxygen atoms in total. The van der Waals surface area contributed by atoms with Crippen molar-refractivity contribution in [3.05, 3.63) is 105 Å². The Labute approximate surface area is 205 Å². The summed E-state index contributed by atoms with van der Waals surface area (Å²) in [6, 6.07) is 17.5. The average molecular weight is 487 g/mol. The molecule has 0 spiro atoms. The van der Waals surface area contributed by atoms with Crippen LogP contribution in [0.15, 0.2) is 66.7 Å². The largest absolute Gasteiger partial charge is 0.446 e. The Morgan fingerprint density at radius 2 is 1.72 bits per heavy atom. The number of nitrogens with one attached hydrogen (secondary N) is 1. The van der Waals surface area contributed by atoms with Crippen molar-refractivity contribution in [3.8, 4) is 0 Å². The van der Waals surface area contributed by atoms with Crippen molar-refractivity contribution in [2.45, 2.75) is 20.0 Å². The molecule has 3 aromatic rings. The van der Waals surface area contributed by atoms with E-state index < -0.39 is 47.0 Å². The first kappa shape index (κ1) is 24.3. The molecule has 3 amide bonds. The monoisotopic (exact) mass is 487 g/mol. The van der Waals surface area contributed by atoms with E-state index in [1.165, 1.54) is 12.1 Å². The molecule has 182 valence electrons. The van der Waals surface area contributed by atoms with Crippen molar-refractivity contribution >= 4 is 35.1 Å². The third-order valence-electron chi connectivity index (χ3n) is 5.70. The van der Waals surface area contributed by atoms with Crippen molar-refractivity contribution in [1.29, 1.82) is 0 Å². The zero-order chi connectivity index (χ0) is 26.0. The Balaban J connectivity index is 1.56. The zero-order valence-corrected chi connectivity index (χ0v) is 19.4. The number of amides is 3. The van der Waals surface area contributed by atoms with E-state index in [1.54, 1.807) is 36.4 Å². The highest BCUT2D eigenvalue weighted by Gasteiger charge is 2.42. The van der Waals surface area contributed by atoms with Crippen LogP contribution in [-0.4, -0.2) is 40.1 Å². The van der Waals surface area contributed by atoms with Gasteiger partial charge in [-0.15, -0.1) is 0 Å². The number of ether oxygens (including phenoxy) is 1. The Kier molecular flexibility index (Phi) is 6.60. The summed E-state index contributed by atoms with van der Waals surface area (Å²) in [5.41, 5.74) is 1.57. The topological polar surface area (TPSA) is 136 Å². The fourth-order valence-corrected chi connectivity index (χ4v) is 3.88. The third-order valence-corrected chi connectivity index (χ3v) is 5.70. The lowest BCUT2D eigenvalue weighted by Gasteiger charge is -2.20. The van der Waals surface area contributed by atoms with E-state index in [-0.39, 0.29) is 11.1 Å². The Hall–Kier alpha value is -4.86. The average Bonchev–Trinajstić information content (AvgIpc) is 3.10. The summed E-state index contributed by atoms with van der Waals surface area (Å²) in [5.74, 6) is -3.49. The minimum absolute atomic E-state index is 0.172. The molecule has 1 atom stereocenters. The van der Waals surface area contributed by atoms with E-state index in [1.807, 2.05) is 26.0 Å². The van der Waals surface area contributed by atoms with Gasteiger partial charge in [0.15, 0.2) is 0 Å². The van der Waals surface area contributed by atoms with Gasteiger partial charge < -0.3 is 10.1 Å². The quantitative estimate of drug-likeness (QED) is 0.232. The van der Waals surface area contributed by atoms with Crippen LogP contribution < -0.4 is 5.32 Å². The van der Waals surface area contributed by atoms with Gasteiger partial charge >= 0.3 is 5.97 Å². The summed E-state index contributed by atoms with van der Waals surface area (Å²) >= 11 is 0. The number of hydrogen-bond donors (Lipinski definition) is 1. The lowest BCUT2D eigenvalue weighted by atomic mass is 10.1. The van der Waals surface area contributed by atoms with Crippen molar-refractivity contribution in [1.82, 2.24) is 4.90 Å². The molecule has 0 aromatic heterocycles. The molecule has 1 unspecified atom stereocenters. The minimum atomic E-state index is -1.37.